The van der Waals surface area contributed by atoms with E-state index in [1.165, 1.54) is 24.2 Å². The van der Waals surface area contributed by atoms with Crippen LogP contribution in [0.3, 0.4) is 0 Å². The van der Waals surface area contributed by atoms with Crippen molar-refractivity contribution in [2.24, 2.45) is 0 Å². The van der Waals surface area contributed by atoms with E-state index in [0.29, 0.717) is 12.3 Å². The third-order valence-corrected chi connectivity index (χ3v) is 5.71. The van der Waals surface area contributed by atoms with Crippen LogP contribution in [0.25, 0.3) is 11.1 Å². The summed E-state index contributed by atoms with van der Waals surface area (Å²) >= 11 is 0. The normalized spacial score (nSPS) is 15.5. The summed E-state index contributed by atoms with van der Waals surface area (Å²) in [5.41, 5.74) is 2.05. The average molecular weight is 406 g/mol. The van der Waals surface area contributed by atoms with E-state index in [-0.39, 0.29) is 18.6 Å². The van der Waals surface area contributed by atoms with Crippen LogP contribution in [-0.4, -0.2) is 32.1 Å². The Labute approximate surface area is 177 Å². The van der Waals surface area contributed by atoms with Crippen molar-refractivity contribution in [1.29, 1.82) is 0 Å². The van der Waals surface area contributed by atoms with Gasteiger partial charge in [-0.15, -0.1) is 0 Å². The number of furan rings is 1. The van der Waals surface area contributed by atoms with E-state index < -0.39 is 0 Å². The molecular formula is C25H29N2O3+. The van der Waals surface area contributed by atoms with Crippen molar-refractivity contribution in [3.8, 4) is 16.9 Å². The fourth-order valence-electron chi connectivity index (χ4n) is 4.15. The molecule has 0 aliphatic carbocycles. The van der Waals surface area contributed by atoms with Crippen molar-refractivity contribution in [2.75, 3.05) is 26.2 Å². The number of likely N-dealkylation sites (tertiary alicyclic amines) is 1. The molecule has 0 radical (unpaired) electrons. The largest absolute Gasteiger partial charge is 0.483 e. The van der Waals surface area contributed by atoms with Crippen LogP contribution in [0.1, 0.15) is 31.1 Å². The number of carbonyl (C=O) groups is 1. The third kappa shape index (κ3) is 5.10. The first-order valence-corrected chi connectivity index (χ1v) is 10.7. The summed E-state index contributed by atoms with van der Waals surface area (Å²) < 4.78 is 11.6. The number of benzene rings is 2. The van der Waals surface area contributed by atoms with E-state index in [2.05, 4.69) is 5.32 Å². The molecule has 5 heteroatoms. The van der Waals surface area contributed by atoms with Gasteiger partial charge in [0, 0.05) is 5.56 Å². The lowest BCUT2D eigenvalue weighted by Gasteiger charge is -2.30. The summed E-state index contributed by atoms with van der Waals surface area (Å²) in [4.78, 5) is 14.0. The van der Waals surface area contributed by atoms with Gasteiger partial charge < -0.3 is 19.4 Å². The molecule has 1 atom stereocenters. The number of hydrogen-bond acceptors (Lipinski definition) is 3. The van der Waals surface area contributed by atoms with E-state index >= 15 is 0 Å². The van der Waals surface area contributed by atoms with Gasteiger partial charge in [-0.05, 0) is 43.0 Å². The predicted octanol–water partition coefficient (Wildman–Crippen LogP) is 3.25. The number of quaternary nitrogens is 1. The van der Waals surface area contributed by atoms with Gasteiger partial charge in [0.15, 0.2) is 18.4 Å². The Morgan fingerprint density at radius 3 is 2.50 bits per heavy atom. The molecule has 0 spiro atoms. The first-order valence-electron chi connectivity index (χ1n) is 10.7. The maximum absolute atomic E-state index is 12.5. The summed E-state index contributed by atoms with van der Waals surface area (Å²) in [6, 6.07) is 21.9. The molecule has 2 heterocycles. The van der Waals surface area contributed by atoms with Gasteiger partial charge in [-0.3, -0.25) is 4.79 Å². The van der Waals surface area contributed by atoms with Gasteiger partial charge in [0.05, 0.1) is 25.9 Å². The second-order valence-electron chi connectivity index (χ2n) is 7.74. The van der Waals surface area contributed by atoms with Gasteiger partial charge >= 0.3 is 0 Å². The highest BCUT2D eigenvalue weighted by atomic mass is 16.5. The van der Waals surface area contributed by atoms with Crippen LogP contribution in [0.5, 0.6) is 5.75 Å². The molecule has 1 fully saturated rings. The van der Waals surface area contributed by atoms with Crippen LogP contribution in [0, 0.1) is 0 Å². The molecule has 0 unspecified atom stereocenters. The van der Waals surface area contributed by atoms with E-state index in [1.54, 1.807) is 6.26 Å². The second kappa shape index (κ2) is 10.1. The Bertz CT molecular complexity index is 919. The minimum absolute atomic E-state index is 0.00987. The Morgan fingerprint density at radius 2 is 1.73 bits per heavy atom. The Hall–Kier alpha value is -3.05. The van der Waals surface area contributed by atoms with Crippen LogP contribution in [0.2, 0.25) is 0 Å². The second-order valence-corrected chi connectivity index (χ2v) is 7.74. The highest BCUT2D eigenvalue weighted by molar-refractivity contribution is 5.78. The molecule has 0 bridgehead atoms. The lowest BCUT2D eigenvalue weighted by molar-refractivity contribution is -0.936. The van der Waals surface area contributed by atoms with E-state index in [4.69, 9.17) is 9.15 Å². The molecule has 1 aromatic heterocycles. The minimum Gasteiger partial charge on any atom is -0.483 e. The molecule has 2 aromatic carbocycles. The number of piperidine rings is 1. The molecule has 5 nitrogen and oxygen atoms in total. The maximum Gasteiger partial charge on any atom is 0.258 e. The molecule has 1 saturated heterocycles. The molecule has 1 amide bonds. The highest BCUT2D eigenvalue weighted by Gasteiger charge is 2.28. The van der Waals surface area contributed by atoms with Crippen LogP contribution < -0.4 is 15.0 Å². The zero-order chi connectivity index (χ0) is 20.6. The molecule has 1 aliphatic heterocycles. The van der Waals surface area contributed by atoms with Gasteiger partial charge in [-0.2, -0.15) is 0 Å². The molecule has 3 aromatic rings. The highest BCUT2D eigenvalue weighted by Crippen LogP contribution is 2.29. The van der Waals surface area contributed by atoms with Crippen molar-refractivity contribution in [3.63, 3.8) is 0 Å². The van der Waals surface area contributed by atoms with Gasteiger partial charge in [-0.25, -0.2) is 0 Å². The summed E-state index contributed by atoms with van der Waals surface area (Å²) in [6.07, 6.45) is 5.44. The van der Waals surface area contributed by atoms with Crippen LogP contribution in [0.4, 0.5) is 0 Å². The minimum atomic E-state index is -0.120. The Balaban J connectivity index is 1.36. The van der Waals surface area contributed by atoms with Crippen molar-refractivity contribution in [1.82, 2.24) is 5.32 Å². The zero-order valence-electron chi connectivity index (χ0n) is 17.2. The summed E-state index contributed by atoms with van der Waals surface area (Å²) in [7, 11) is 0. The van der Waals surface area contributed by atoms with Gasteiger partial charge in [0.25, 0.3) is 5.91 Å². The van der Waals surface area contributed by atoms with Crippen molar-refractivity contribution in [2.45, 2.75) is 25.3 Å². The Kier molecular flexibility index (Phi) is 6.83. The molecule has 0 saturated carbocycles. The maximum atomic E-state index is 12.5. The van der Waals surface area contributed by atoms with Crippen molar-refractivity contribution < 1.29 is 18.8 Å². The lowest BCUT2D eigenvalue weighted by atomic mass is 10.1. The lowest BCUT2D eigenvalue weighted by Crippen LogP contribution is -3.13. The molecule has 4 rings (SSSR count). The number of nitrogens with one attached hydrogen (secondary N) is 2. The van der Waals surface area contributed by atoms with Crippen LogP contribution in [0.15, 0.2) is 77.4 Å². The van der Waals surface area contributed by atoms with Crippen molar-refractivity contribution in [3.05, 3.63) is 78.8 Å². The van der Waals surface area contributed by atoms with Crippen LogP contribution in [-0.2, 0) is 4.79 Å². The molecule has 1 aliphatic rings. The Morgan fingerprint density at radius 1 is 0.967 bits per heavy atom. The third-order valence-electron chi connectivity index (χ3n) is 5.71. The average Bonchev–Trinajstić information content (AvgIpc) is 3.34. The smallest absolute Gasteiger partial charge is 0.258 e. The molecule has 156 valence electrons. The quantitative estimate of drug-likeness (QED) is 0.605. The predicted molar refractivity (Wildman–Crippen MR) is 116 cm³/mol. The first-order chi connectivity index (χ1) is 14.8. The monoisotopic (exact) mass is 405 g/mol. The number of carbonyl (C=O) groups excluding carboxylic acids is 1. The number of ether oxygens (including phenoxy) is 1. The number of para-hydroxylation sites is 1. The standard InChI is InChI=1S/C25H28N2O3/c28-25(19-30-23-13-6-5-12-21(23)20-10-3-1-4-11-20)26-18-22(24-14-9-17-29-24)27-15-7-2-8-16-27/h1,3-6,9-14,17,22H,2,7-8,15-16,18-19H2,(H,26,28)/p+1/t22-/m1/s1. The number of hydrogen-bond donors (Lipinski definition) is 2. The number of rotatable bonds is 8. The topological polar surface area (TPSA) is 55.9 Å². The molecule has 2 N–H and O–H groups in total. The van der Waals surface area contributed by atoms with Gasteiger partial charge in [0.2, 0.25) is 0 Å². The number of amides is 1. The van der Waals surface area contributed by atoms with E-state index in [0.717, 1.165) is 30.0 Å². The zero-order valence-corrected chi connectivity index (χ0v) is 17.2. The first kappa shape index (κ1) is 20.2. The van der Waals surface area contributed by atoms with Gasteiger partial charge in [0.1, 0.15) is 5.75 Å². The van der Waals surface area contributed by atoms with Crippen LogP contribution >= 0.6 is 0 Å². The van der Waals surface area contributed by atoms with Crippen molar-refractivity contribution >= 4 is 5.91 Å². The fourth-order valence-corrected chi connectivity index (χ4v) is 4.15. The summed E-state index contributed by atoms with van der Waals surface area (Å²) in [5.74, 6) is 1.52. The van der Waals surface area contributed by atoms with E-state index in [1.807, 2.05) is 66.7 Å². The SMILES string of the molecule is O=C(COc1ccccc1-c1ccccc1)NC[C@H](c1ccco1)[NH+]1CCCCC1. The van der Waals surface area contributed by atoms with Gasteiger partial charge in [-0.1, -0.05) is 48.5 Å². The molecule has 30 heavy (non-hydrogen) atoms. The summed E-state index contributed by atoms with van der Waals surface area (Å²) in [5, 5.41) is 3.05. The molecular weight excluding hydrogens is 376 g/mol. The summed E-state index contributed by atoms with van der Waals surface area (Å²) in [6.45, 7) is 2.76. The fraction of sp³-hybridized carbons (Fsp3) is 0.320. The van der Waals surface area contributed by atoms with E-state index in [9.17, 15) is 4.79 Å².